The topological polar surface area (TPSA) is 54.0 Å². The molecule has 0 unspecified atom stereocenters. The van der Waals surface area contributed by atoms with E-state index in [2.05, 4.69) is 21.5 Å². The lowest BCUT2D eigenvalue weighted by Gasteiger charge is -2.30. The Balaban J connectivity index is 3.11. The van der Waals surface area contributed by atoms with Gasteiger partial charge in [0.25, 0.3) is 5.91 Å². The summed E-state index contributed by atoms with van der Waals surface area (Å²) < 4.78 is 38.9. The molecule has 4 nitrogen and oxygen atoms in total. The number of pyridine rings is 1. The van der Waals surface area contributed by atoms with Crippen molar-refractivity contribution in [1.82, 2.24) is 10.3 Å². The van der Waals surface area contributed by atoms with E-state index >= 15 is 0 Å². The molecular formula is C15H18F3N3O. The molecule has 0 aliphatic heterocycles. The first kappa shape index (κ1) is 17.8. The van der Waals surface area contributed by atoms with E-state index in [1.54, 1.807) is 13.8 Å². The van der Waals surface area contributed by atoms with Crippen LogP contribution in [-0.4, -0.2) is 28.1 Å². The van der Waals surface area contributed by atoms with Gasteiger partial charge in [0, 0.05) is 6.20 Å². The maximum absolute atomic E-state index is 13.0. The quantitative estimate of drug-likeness (QED) is 0.840. The summed E-state index contributed by atoms with van der Waals surface area (Å²) in [6.45, 7) is 5.14. The Morgan fingerprint density at radius 2 is 1.86 bits per heavy atom. The molecule has 0 atom stereocenters. The molecule has 0 bridgehead atoms. The van der Waals surface area contributed by atoms with Gasteiger partial charge in [0.05, 0.1) is 11.1 Å². The van der Waals surface area contributed by atoms with Gasteiger partial charge in [-0.05, 0) is 39.8 Å². The summed E-state index contributed by atoms with van der Waals surface area (Å²) in [4.78, 5) is 16.0. The number of halogens is 3. The van der Waals surface area contributed by atoms with Gasteiger partial charge in [-0.3, -0.25) is 4.79 Å². The van der Waals surface area contributed by atoms with Crippen LogP contribution in [0.25, 0.3) is 0 Å². The fourth-order valence-electron chi connectivity index (χ4n) is 1.44. The molecular weight excluding hydrogens is 295 g/mol. The van der Waals surface area contributed by atoms with Gasteiger partial charge in [0.2, 0.25) is 0 Å². The van der Waals surface area contributed by atoms with Gasteiger partial charge in [0.1, 0.15) is 11.4 Å². The molecule has 2 N–H and O–H groups in total. The van der Waals surface area contributed by atoms with Crippen LogP contribution in [0.5, 0.6) is 0 Å². The Bertz CT molecular complexity index is 601. The van der Waals surface area contributed by atoms with Gasteiger partial charge in [-0.15, -0.1) is 6.42 Å². The number of anilines is 1. The summed E-state index contributed by atoms with van der Waals surface area (Å²) in [5, 5.41) is 4.81. The van der Waals surface area contributed by atoms with Crippen molar-refractivity contribution in [3.63, 3.8) is 0 Å². The lowest BCUT2D eigenvalue weighted by molar-refractivity contribution is -0.168. The minimum absolute atomic E-state index is 0.0110. The zero-order valence-electron chi connectivity index (χ0n) is 12.8. The first-order valence-corrected chi connectivity index (χ1v) is 6.50. The molecule has 0 aliphatic rings. The van der Waals surface area contributed by atoms with E-state index in [0.717, 1.165) is 13.8 Å². The molecule has 0 spiro atoms. The van der Waals surface area contributed by atoms with E-state index in [-0.39, 0.29) is 11.4 Å². The van der Waals surface area contributed by atoms with Crippen LogP contribution >= 0.6 is 0 Å². The molecule has 1 heterocycles. The van der Waals surface area contributed by atoms with Crippen molar-refractivity contribution in [3.8, 4) is 12.3 Å². The lowest BCUT2D eigenvalue weighted by atomic mass is 10.0. The summed E-state index contributed by atoms with van der Waals surface area (Å²) in [7, 11) is 0. The fourth-order valence-corrected chi connectivity index (χ4v) is 1.44. The van der Waals surface area contributed by atoms with Gasteiger partial charge in [-0.2, -0.15) is 13.2 Å². The molecule has 1 rings (SSSR count). The van der Waals surface area contributed by atoms with E-state index in [1.165, 1.54) is 18.3 Å². The highest BCUT2D eigenvalue weighted by molar-refractivity contribution is 5.99. The highest BCUT2D eigenvalue weighted by atomic mass is 19.4. The van der Waals surface area contributed by atoms with Crippen LogP contribution in [0.3, 0.4) is 0 Å². The Labute approximate surface area is 127 Å². The fraction of sp³-hybridized carbons (Fsp3) is 0.467. The Morgan fingerprint density at radius 1 is 1.27 bits per heavy atom. The van der Waals surface area contributed by atoms with Gasteiger partial charge < -0.3 is 10.6 Å². The molecule has 0 saturated heterocycles. The third kappa shape index (κ3) is 4.13. The predicted molar refractivity (Wildman–Crippen MR) is 78.4 cm³/mol. The molecule has 1 amide bonds. The maximum atomic E-state index is 13.0. The molecule has 0 aliphatic carbocycles. The molecule has 0 radical (unpaired) electrons. The van der Waals surface area contributed by atoms with Crippen LogP contribution in [0.2, 0.25) is 0 Å². The zero-order valence-corrected chi connectivity index (χ0v) is 12.8. The molecule has 120 valence electrons. The van der Waals surface area contributed by atoms with Gasteiger partial charge >= 0.3 is 6.18 Å². The summed E-state index contributed by atoms with van der Waals surface area (Å²) in [5.74, 6) is 1.62. The van der Waals surface area contributed by atoms with Crippen molar-refractivity contribution in [2.75, 3.05) is 5.32 Å². The van der Waals surface area contributed by atoms with Crippen LogP contribution in [-0.2, 0) is 0 Å². The second kappa shape index (κ2) is 5.87. The summed E-state index contributed by atoms with van der Waals surface area (Å²) in [6, 6.07) is 2.84. The average Bonchev–Trinajstić information content (AvgIpc) is 2.37. The maximum Gasteiger partial charge on any atom is 0.410 e. The van der Waals surface area contributed by atoms with Crippen LogP contribution in [0, 0.1) is 12.3 Å². The van der Waals surface area contributed by atoms with Crippen LogP contribution in [0.15, 0.2) is 18.3 Å². The SMILES string of the molecule is C#CC(C)(C)NC(=O)c1cccnc1NC(C)(C)C(F)(F)F. The first-order chi connectivity index (χ1) is 9.89. The standard InChI is InChI=1S/C15H18F3N3O/c1-6-13(2,3)21-12(22)10-8-7-9-19-11(10)20-14(4,5)15(16,17)18/h1,7-9H,2-5H3,(H,19,20)(H,21,22). The molecule has 1 aromatic heterocycles. The third-order valence-electron chi connectivity index (χ3n) is 2.98. The normalized spacial score (nSPS) is 12.5. The van der Waals surface area contributed by atoms with Crippen LogP contribution in [0.1, 0.15) is 38.1 Å². The van der Waals surface area contributed by atoms with Crippen molar-refractivity contribution in [2.24, 2.45) is 0 Å². The minimum atomic E-state index is -4.50. The molecule has 22 heavy (non-hydrogen) atoms. The van der Waals surface area contributed by atoms with E-state index in [4.69, 9.17) is 6.42 Å². The number of alkyl halides is 3. The van der Waals surface area contributed by atoms with Gasteiger partial charge in [0.15, 0.2) is 0 Å². The van der Waals surface area contributed by atoms with E-state index in [0.29, 0.717) is 0 Å². The number of nitrogens with one attached hydrogen (secondary N) is 2. The molecule has 7 heteroatoms. The number of carbonyl (C=O) groups excluding carboxylic acids is 1. The average molecular weight is 313 g/mol. The van der Waals surface area contributed by atoms with Crippen molar-refractivity contribution in [3.05, 3.63) is 23.9 Å². The summed E-state index contributed by atoms with van der Waals surface area (Å²) in [5.41, 5.74) is -3.18. The largest absolute Gasteiger partial charge is 0.410 e. The van der Waals surface area contributed by atoms with Crippen molar-refractivity contribution < 1.29 is 18.0 Å². The number of hydrogen-bond acceptors (Lipinski definition) is 3. The number of aromatic nitrogens is 1. The molecule has 0 fully saturated rings. The molecule has 1 aromatic rings. The number of rotatable bonds is 4. The second-order valence-corrected chi connectivity index (χ2v) is 5.87. The third-order valence-corrected chi connectivity index (χ3v) is 2.98. The van der Waals surface area contributed by atoms with Crippen LogP contribution in [0.4, 0.5) is 19.0 Å². The minimum Gasteiger partial charge on any atom is -0.356 e. The number of nitrogens with zero attached hydrogens (tertiary/aromatic N) is 1. The van der Waals surface area contributed by atoms with Crippen LogP contribution < -0.4 is 10.6 Å². The molecule has 0 saturated carbocycles. The zero-order chi connectivity index (χ0) is 17.2. The Hall–Kier alpha value is -2.23. The second-order valence-electron chi connectivity index (χ2n) is 5.87. The summed E-state index contributed by atoms with van der Waals surface area (Å²) in [6.07, 6.45) is 2.08. The monoisotopic (exact) mass is 313 g/mol. The van der Waals surface area contributed by atoms with E-state index in [9.17, 15) is 18.0 Å². The number of carbonyl (C=O) groups is 1. The number of amides is 1. The van der Waals surface area contributed by atoms with E-state index in [1.807, 2.05) is 0 Å². The summed E-state index contributed by atoms with van der Waals surface area (Å²) >= 11 is 0. The van der Waals surface area contributed by atoms with Gasteiger partial charge in [-0.1, -0.05) is 5.92 Å². The van der Waals surface area contributed by atoms with Gasteiger partial charge in [-0.25, -0.2) is 4.98 Å². The highest BCUT2D eigenvalue weighted by Gasteiger charge is 2.48. The lowest BCUT2D eigenvalue weighted by Crippen LogP contribution is -2.47. The van der Waals surface area contributed by atoms with Crippen molar-refractivity contribution in [1.29, 1.82) is 0 Å². The van der Waals surface area contributed by atoms with E-state index < -0.39 is 23.2 Å². The van der Waals surface area contributed by atoms with Crippen molar-refractivity contribution in [2.45, 2.75) is 44.9 Å². The Kier molecular flexibility index (Phi) is 4.76. The number of hydrogen-bond donors (Lipinski definition) is 2. The highest BCUT2D eigenvalue weighted by Crippen LogP contribution is 2.33. The number of terminal acetylenes is 1. The molecule has 0 aromatic carbocycles. The van der Waals surface area contributed by atoms with Crippen molar-refractivity contribution >= 4 is 11.7 Å². The smallest absolute Gasteiger partial charge is 0.356 e. The Morgan fingerprint density at radius 3 is 2.36 bits per heavy atom. The predicted octanol–water partition coefficient (Wildman–Crippen LogP) is 2.98. The first-order valence-electron chi connectivity index (χ1n) is 6.50.